The molecule has 0 aliphatic carbocycles. The van der Waals surface area contributed by atoms with E-state index < -0.39 is 6.10 Å². The molecule has 1 aromatic carbocycles. The van der Waals surface area contributed by atoms with Crippen LogP contribution in [0.4, 0.5) is 5.13 Å². The summed E-state index contributed by atoms with van der Waals surface area (Å²) >= 11 is 1.40. The van der Waals surface area contributed by atoms with Gasteiger partial charge in [-0.1, -0.05) is 30.3 Å². The molecule has 1 amide bonds. The Balaban J connectivity index is 2.00. The van der Waals surface area contributed by atoms with Crippen LogP contribution in [-0.2, 0) is 0 Å². The summed E-state index contributed by atoms with van der Waals surface area (Å²) in [6.45, 7) is 2.23. The highest BCUT2D eigenvalue weighted by Crippen LogP contribution is 2.21. The number of aromatic nitrogens is 1. The molecule has 2 rings (SSSR count). The molecule has 0 bridgehead atoms. The third-order valence-corrected chi connectivity index (χ3v) is 4.22. The van der Waals surface area contributed by atoms with E-state index >= 15 is 0 Å². The molecule has 2 unspecified atom stereocenters. The van der Waals surface area contributed by atoms with Gasteiger partial charge in [0.25, 0.3) is 5.91 Å². The van der Waals surface area contributed by atoms with Crippen LogP contribution in [-0.4, -0.2) is 35.7 Å². The largest absolute Gasteiger partial charge is 0.393 e. The zero-order valence-corrected chi connectivity index (χ0v) is 13.6. The van der Waals surface area contributed by atoms with Crippen molar-refractivity contribution in [1.29, 1.82) is 0 Å². The van der Waals surface area contributed by atoms with Crippen LogP contribution in [0.5, 0.6) is 0 Å². The summed E-state index contributed by atoms with van der Waals surface area (Å²) in [7, 11) is 1.77. The van der Waals surface area contributed by atoms with Crippen LogP contribution in [0.1, 0.15) is 35.3 Å². The van der Waals surface area contributed by atoms with Crippen molar-refractivity contribution in [3.8, 4) is 0 Å². The van der Waals surface area contributed by atoms with E-state index in [1.165, 1.54) is 11.3 Å². The first kappa shape index (κ1) is 16.5. The molecule has 3 N–H and O–H groups in total. The second kappa shape index (κ2) is 7.91. The van der Waals surface area contributed by atoms with Crippen LogP contribution in [0.2, 0.25) is 0 Å². The molecule has 1 heterocycles. The maximum Gasteiger partial charge on any atom is 0.270 e. The lowest BCUT2D eigenvalue weighted by Gasteiger charge is -2.19. The first-order valence-corrected chi connectivity index (χ1v) is 8.12. The molecule has 6 heteroatoms. The van der Waals surface area contributed by atoms with Crippen molar-refractivity contribution in [3.63, 3.8) is 0 Å². The summed E-state index contributed by atoms with van der Waals surface area (Å²) in [6, 6.07) is 9.91. The number of anilines is 1. The highest BCUT2D eigenvalue weighted by molar-refractivity contribution is 7.13. The second-order valence-corrected chi connectivity index (χ2v) is 6.05. The predicted octanol–water partition coefficient (Wildman–Crippen LogP) is 2.47. The fourth-order valence-electron chi connectivity index (χ4n) is 2.27. The smallest absolute Gasteiger partial charge is 0.270 e. The molecule has 0 aliphatic rings. The molecule has 0 aliphatic heterocycles. The first-order chi connectivity index (χ1) is 10.6. The number of hydrogen-bond donors (Lipinski definition) is 3. The maximum absolute atomic E-state index is 12.1. The number of rotatable bonds is 7. The molecule has 5 nitrogen and oxygen atoms in total. The van der Waals surface area contributed by atoms with E-state index in [0.717, 1.165) is 5.56 Å². The lowest BCUT2D eigenvalue weighted by Crippen LogP contribution is -2.30. The van der Waals surface area contributed by atoms with E-state index in [1.807, 2.05) is 30.3 Å². The number of nitrogens with zero attached hydrogens (tertiary/aromatic N) is 1. The standard InChI is InChI=1S/C16H21N3O2S/c1-11(20)8-13(12-6-4-3-5-7-12)9-18-15(21)14-10-22-16(17-2)19-14/h3-7,10-11,13,20H,8-9H2,1-2H3,(H,17,19)(H,18,21). The number of nitrogens with one attached hydrogen (secondary N) is 2. The van der Waals surface area contributed by atoms with Gasteiger partial charge in [-0.05, 0) is 18.9 Å². The van der Waals surface area contributed by atoms with Gasteiger partial charge in [0.2, 0.25) is 0 Å². The van der Waals surface area contributed by atoms with Crippen molar-refractivity contribution in [2.75, 3.05) is 18.9 Å². The highest BCUT2D eigenvalue weighted by atomic mass is 32.1. The minimum absolute atomic E-state index is 0.0764. The minimum atomic E-state index is -0.419. The number of aliphatic hydroxyl groups is 1. The molecule has 1 aromatic heterocycles. The van der Waals surface area contributed by atoms with Gasteiger partial charge < -0.3 is 15.7 Å². The lowest BCUT2D eigenvalue weighted by molar-refractivity contribution is 0.0941. The minimum Gasteiger partial charge on any atom is -0.393 e. The van der Waals surface area contributed by atoms with E-state index in [4.69, 9.17) is 0 Å². The second-order valence-electron chi connectivity index (χ2n) is 5.19. The quantitative estimate of drug-likeness (QED) is 0.733. The molecule has 118 valence electrons. The number of aliphatic hydroxyl groups excluding tert-OH is 1. The number of amides is 1. The van der Waals surface area contributed by atoms with E-state index in [1.54, 1.807) is 19.4 Å². The molecule has 2 atom stereocenters. The predicted molar refractivity (Wildman–Crippen MR) is 89.5 cm³/mol. The van der Waals surface area contributed by atoms with Gasteiger partial charge in [-0.15, -0.1) is 11.3 Å². The van der Waals surface area contributed by atoms with Crippen LogP contribution >= 0.6 is 11.3 Å². The van der Waals surface area contributed by atoms with Crippen molar-refractivity contribution in [2.24, 2.45) is 0 Å². The molecule has 0 saturated heterocycles. The van der Waals surface area contributed by atoms with Gasteiger partial charge in [-0.3, -0.25) is 4.79 Å². The Kier molecular flexibility index (Phi) is 5.91. The van der Waals surface area contributed by atoms with Crippen molar-refractivity contribution >= 4 is 22.4 Å². The van der Waals surface area contributed by atoms with Gasteiger partial charge in [-0.2, -0.15) is 0 Å². The Morgan fingerprint density at radius 1 is 1.36 bits per heavy atom. The normalized spacial score (nSPS) is 13.4. The van der Waals surface area contributed by atoms with Gasteiger partial charge in [0.15, 0.2) is 5.13 Å². The van der Waals surface area contributed by atoms with Crippen LogP contribution in [0, 0.1) is 0 Å². The van der Waals surface area contributed by atoms with Crippen molar-refractivity contribution in [1.82, 2.24) is 10.3 Å². The molecule has 0 radical (unpaired) electrons. The summed E-state index contributed by atoms with van der Waals surface area (Å²) in [5, 5.41) is 17.9. The third kappa shape index (κ3) is 4.54. The number of benzene rings is 1. The summed E-state index contributed by atoms with van der Waals surface area (Å²) in [4.78, 5) is 16.3. The highest BCUT2D eigenvalue weighted by Gasteiger charge is 2.17. The summed E-state index contributed by atoms with van der Waals surface area (Å²) in [5.41, 5.74) is 1.52. The molecular formula is C16H21N3O2S. The Labute approximate surface area is 134 Å². The van der Waals surface area contributed by atoms with Crippen LogP contribution in [0.15, 0.2) is 35.7 Å². The lowest BCUT2D eigenvalue weighted by atomic mass is 9.93. The molecule has 0 fully saturated rings. The zero-order chi connectivity index (χ0) is 15.9. The van der Waals surface area contributed by atoms with Gasteiger partial charge in [0.1, 0.15) is 5.69 Å². The van der Waals surface area contributed by atoms with Crippen LogP contribution in [0.3, 0.4) is 0 Å². The van der Waals surface area contributed by atoms with E-state index in [0.29, 0.717) is 23.8 Å². The van der Waals surface area contributed by atoms with E-state index in [-0.39, 0.29) is 11.8 Å². The van der Waals surface area contributed by atoms with Gasteiger partial charge in [-0.25, -0.2) is 4.98 Å². The Hall–Kier alpha value is -1.92. The summed E-state index contributed by atoms with van der Waals surface area (Å²) < 4.78 is 0. The fraction of sp³-hybridized carbons (Fsp3) is 0.375. The van der Waals surface area contributed by atoms with Gasteiger partial charge >= 0.3 is 0 Å². The number of carbonyl (C=O) groups is 1. The zero-order valence-electron chi connectivity index (χ0n) is 12.7. The van der Waals surface area contributed by atoms with Crippen LogP contribution in [0.25, 0.3) is 0 Å². The monoisotopic (exact) mass is 319 g/mol. The fourth-order valence-corrected chi connectivity index (χ4v) is 2.93. The maximum atomic E-state index is 12.1. The topological polar surface area (TPSA) is 74.2 Å². The van der Waals surface area contributed by atoms with Crippen molar-refractivity contribution < 1.29 is 9.90 Å². The number of carbonyl (C=O) groups excluding carboxylic acids is 1. The molecule has 0 spiro atoms. The molecular weight excluding hydrogens is 298 g/mol. The Morgan fingerprint density at radius 3 is 2.68 bits per heavy atom. The number of thiazole rings is 1. The molecule has 22 heavy (non-hydrogen) atoms. The first-order valence-electron chi connectivity index (χ1n) is 7.24. The SMILES string of the molecule is CNc1nc(C(=O)NCC(CC(C)O)c2ccccc2)cs1. The van der Waals surface area contributed by atoms with Crippen molar-refractivity contribution in [3.05, 3.63) is 47.0 Å². The summed E-state index contributed by atoms with van der Waals surface area (Å²) in [6.07, 6.45) is 0.181. The van der Waals surface area contributed by atoms with Crippen LogP contribution < -0.4 is 10.6 Å². The van der Waals surface area contributed by atoms with E-state index in [9.17, 15) is 9.90 Å². The van der Waals surface area contributed by atoms with Gasteiger partial charge in [0, 0.05) is 24.9 Å². The van der Waals surface area contributed by atoms with Gasteiger partial charge in [0.05, 0.1) is 6.10 Å². The third-order valence-electron chi connectivity index (χ3n) is 3.36. The summed E-state index contributed by atoms with van der Waals surface area (Å²) in [5.74, 6) is -0.114. The molecule has 0 saturated carbocycles. The van der Waals surface area contributed by atoms with Crippen molar-refractivity contribution in [2.45, 2.75) is 25.4 Å². The molecule has 2 aromatic rings. The van der Waals surface area contributed by atoms with E-state index in [2.05, 4.69) is 15.6 Å². The average molecular weight is 319 g/mol. The Bertz CT molecular complexity index is 598. The Morgan fingerprint density at radius 2 is 2.09 bits per heavy atom. The number of hydrogen-bond acceptors (Lipinski definition) is 5. The average Bonchev–Trinajstić information content (AvgIpc) is 3.01.